The van der Waals surface area contributed by atoms with E-state index >= 15 is 0 Å². The van der Waals surface area contributed by atoms with Gasteiger partial charge in [0.25, 0.3) is 5.91 Å². The number of halogens is 1. The quantitative estimate of drug-likeness (QED) is 0.937. The molecule has 1 aromatic carbocycles. The second-order valence-electron chi connectivity index (χ2n) is 4.05. The molecule has 0 radical (unpaired) electrons. The van der Waals surface area contributed by atoms with Gasteiger partial charge < -0.3 is 10.1 Å². The van der Waals surface area contributed by atoms with Crippen molar-refractivity contribution in [3.63, 3.8) is 0 Å². The molecule has 0 aliphatic carbocycles. The molecule has 1 heterocycles. The summed E-state index contributed by atoms with van der Waals surface area (Å²) in [6, 6.07) is 9.07. The number of carbonyl (C=O) groups excluding carboxylic acids is 1. The summed E-state index contributed by atoms with van der Waals surface area (Å²) in [7, 11) is 0. The molecule has 0 fully saturated rings. The van der Waals surface area contributed by atoms with Gasteiger partial charge in [0.2, 0.25) is 0 Å². The number of nitrogens with one attached hydrogen (secondary N) is 1. The van der Waals surface area contributed by atoms with Crippen molar-refractivity contribution in [2.75, 3.05) is 11.9 Å². The Labute approximate surface area is 121 Å². The van der Waals surface area contributed by atoms with Gasteiger partial charge in [-0.3, -0.25) is 4.79 Å². The molecule has 21 heavy (non-hydrogen) atoms. The molecule has 2 aromatic rings. The van der Waals surface area contributed by atoms with Crippen LogP contribution in [0.3, 0.4) is 0 Å². The predicted octanol–water partition coefficient (Wildman–Crippen LogP) is 2.74. The summed E-state index contributed by atoms with van der Waals surface area (Å²) in [4.78, 5) is 16.1. The maximum absolute atomic E-state index is 13.7. The van der Waals surface area contributed by atoms with Gasteiger partial charge >= 0.3 is 0 Å². The zero-order chi connectivity index (χ0) is 15.2. The highest BCUT2D eigenvalue weighted by Gasteiger charge is 2.16. The molecule has 2 rings (SSSR count). The Kier molecular flexibility index (Phi) is 4.46. The van der Waals surface area contributed by atoms with E-state index in [0.717, 1.165) is 0 Å². The predicted molar refractivity (Wildman–Crippen MR) is 74.5 cm³/mol. The molecule has 6 heteroatoms. The van der Waals surface area contributed by atoms with Crippen molar-refractivity contribution >= 4 is 11.7 Å². The number of benzene rings is 1. The zero-order valence-electron chi connectivity index (χ0n) is 11.3. The van der Waals surface area contributed by atoms with Crippen molar-refractivity contribution in [1.82, 2.24) is 4.98 Å². The first kappa shape index (κ1) is 14.5. The topological polar surface area (TPSA) is 75.0 Å². The first-order valence-corrected chi connectivity index (χ1v) is 6.24. The number of nitriles is 1. The molecule has 106 valence electrons. The van der Waals surface area contributed by atoms with Crippen LogP contribution in [-0.4, -0.2) is 17.5 Å². The molecule has 1 N–H and O–H groups in total. The van der Waals surface area contributed by atoms with Crippen LogP contribution in [0, 0.1) is 17.1 Å². The summed E-state index contributed by atoms with van der Waals surface area (Å²) >= 11 is 0. The van der Waals surface area contributed by atoms with E-state index in [4.69, 9.17) is 10.00 Å². The Bertz CT molecular complexity index is 693. The fourth-order valence-electron chi connectivity index (χ4n) is 1.70. The number of carbonyl (C=O) groups is 1. The van der Waals surface area contributed by atoms with Gasteiger partial charge in [0.15, 0.2) is 11.6 Å². The van der Waals surface area contributed by atoms with Crippen molar-refractivity contribution in [2.45, 2.75) is 6.92 Å². The van der Waals surface area contributed by atoms with Crippen LogP contribution in [0.5, 0.6) is 5.75 Å². The number of hydrogen-bond acceptors (Lipinski definition) is 4. The third kappa shape index (κ3) is 3.34. The molecule has 0 unspecified atom stereocenters. The number of hydrogen-bond donors (Lipinski definition) is 1. The minimum Gasteiger partial charge on any atom is -0.490 e. The van der Waals surface area contributed by atoms with Crippen LogP contribution in [0.2, 0.25) is 0 Å². The number of para-hydroxylation sites is 1. The number of ether oxygens (including phenoxy) is 1. The standard InChI is InChI=1S/C15H12FN3O2/c1-2-21-14-11(4-3-5-12(14)16)15(20)19-13-7-6-10(8-17)9-18-13/h3-7,9H,2H2,1H3,(H,18,19,20). The molecule has 0 aliphatic rings. The van der Waals surface area contributed by atoms with E-state index in [1.54, 1.807) is 6.92 Å². The van der Waals surface area contributed by atoms with E-state index in [-0.39, 0.29) is 23.7 Å². The molecule has 0 saturated carbocycles. The van der Waals surface area contributed by atoms with Crippen LogP contribution < -0.4 is 10.1 Å². The Hall–Kier alpha value is -2.94. The Morgan fingerprint density at radius 2 is 2.24 bits per heavy atom. The van der Waals surface area contributed by atoms with Gasteiger partial charge in [-0.1, -0.05) is 6.07 Å². The van der Waals surface area contributed by atoms with Gasteiger partial charge in [-0.2, -0.15) is 5.26 Å². The van der Waals surface area contributed by atoms with Crippen molar-refractivity contribution in [3.8, 4) is 11.8 Å². The summed E-state index contributed by atoms with van der Waals surface area (Å²) in [5, 5.41) is 11.2. The van der Waals surface area contributed by atoms with Crippen LogP contribution in [-0.2, 0) is 0 Å². The van der Waals surface area contributed by atoms with E-state index < -0.39 is 11.7 Å². The van der Waals surface area contributed by atoms with Crippen molar-refractivity contribution in [1.29, 1.82) is 5.26 Å². The minimum absolute atomic E-state index is 0.0861. The van der Waals surface area contributed by atoms with Crippen molar-refractivity contribution in [2.24, 2.45) is 0 Å². The number of nitrogens with zero attached hydrogens (tertiary/aromatic N) is 2. The van der Waals surface area contributed by atoms with E-state index in [9.17, 15) is 9.18 Å². The third-order valence-electron chi connectivity index (χ3n) is 2.63. The van der Waals surface area contributed by atoms with E-state index in [0.29, 0.717) is 5.56 Å². The van der Waals surface area contributed by atoms with E-state index in [1.807, 2.05) is 6.07 Å². The second-order valence-corrected chi connectivity index (χ2v) is 4.05. The van der Waals surface area contributed by atoms with Crippen LogP contribution in [0.15, 0.2) is 36.5 Å². The molecule has 0 spiro atoms. The molecule has 0 bridgehead atoms. The Morgan fingerprint density at radius 3 is 2.86 bits per heavy atom. The second kappa shape index (κ2) is 6.48. The lowest BCUT2D eigenvalue weighted by atomic mass is 10.1. The highest BCUT2D eigenvalue weighted by atomic mass is 19.1. The average molecular weight is 285 g/mol. The smallest absolute Gasteiger partial charge is 0.260 e. The summed E-state index contributed by atoms with van der Waals surface area (Å²) in [6.45, 7) is 1.95. The molecular weight excluding hydrogens is 273 g/mol. The molecule has 0 saturated heterocycles. The molecular formula is C15H12FN3O2. The number of pyridine rings is 1. The maximum atomic E-state index is 13.7. The first-order valence-electron chi connectivity index (χ1n) is 6.24. The van der Waals surface area contributed by atoms with Gasteiger partial charge in [-0.25, -0.2) is 9.37 Å². The normalized spacial score (nSPS) is 9.76. The van der Waals surface area contributed by atoms with Crippen molar-refractivity contribution < 1.29 is 13.9 Å². The summed E-state index contributed by atoms with van der Waals surface area (Å²) in [5.74, 6) is -0.954. The number of aromatic nitrogens is 1. The van der Waals surface area contributed by atoms with Gasteiger partial charge in [0.05, 0.1) is 17.7 Å². The van der Waals surface area contributed by atoms with Crippen LogP contribution >= 0.6 is 0 Å². The van der Waals surface area contributed by atoms with E-state index in [2.05, 4.69) is 10.3 Å². The van der Waals surface area contributed by atoms with Gasteiger partial charge in [0, 0.05) is 6.20 Å². The monoisotopic (exact) mass is 285 g/mol. The SMILES string of the molecule is CCOc1c(F)cccc1C(=O)Nc1ccc(C#N)cn1. The first-order chi connectivity index (χ1) is 10.2. The lowest BCUT2D eigenvalue weighted by Crippen LogP contribution is -2.15. The number of amides is 1. The molecule has 5 nitrogen and oxygen atoms in total. The summed E-state index contributed by atoms with van der Waals surface area (Å²) < 4.78 is 18.8. The summed E-state index contributed by atoms with van der Waals surface area (Å²) in [6.07, 6.45) is 1.34. The highest BCUT2D eigenvalue weighted by Crippen LogP contribution is 2.23. The zero-order valence-corrected chi connectivity index (χ0v) is 11.3. The fourth-order valence-corrected chi connectivity index (χ4v) is 1.70. The fraction of sp³-hybridized carbons (Fsp3) is 0.133. The van der Waals surface area contributed by atoms with Crippen LogP contribution in [0.4, 0.5) is 10.2 Å². The van der Waals surface area contributed by atoms with Gasteiger partial charge in [-0.05, 0) is 31.2 Å². The maximum Gasteiger partial charge on any atom is 0.260 e. The molecule has 1 aromatic heterocycles. The van der Waals surface area contributed by atoms with E-state index in [1.165, 1.54) is 36.5 Å². The minimum atomic E-state index is -0.600. The molecule has 0 aliphatic heterocycles. The summed E-state index contributed by atoms with van der Waals surface area (Å²) in [5.41, 5.74) is 0.469. The third-order valence-corrected chi connectivity index (χ3v) is 2.63. The Balaban J connectivity index is 2.24. The van der Waals surface area contributed by atoms with Crippen LogP contribution in [0.25, 0.3) is 0 Å². The van der Waals surface area contributed by atoms with Crippen molar-refractivity contribution in [3.05, 3.63) is 53.5 Å². The molecule has 0 atom stereocenters. The number of rotatable bonds is 4. The average Bonchev–Trinajstić information content (AvgIpc) is 2.50. The lowest BCUT2D eigenvalue weighted by molar-refractivity contribution is 0.102. The van der Waals surface area contributed by atoms with Crippen LogP contribution in [0.1, 0.15) is 22.8 Å². The highest BCUT2D eigenvalue weighted by molar-refractivity contribution is 6.05. The largest absolute Gasteiger partial charge is 0.490 e. The lowest BCUT2D eigenvalue weighted by Gasteiger charge is -2.11. The van der Waals surface area contributed by atoms with Gasteiger partial charge in [-0.15, -0.1) is 0 Å². The Morgan fingerprint density at radius 1 is 1.43 bits per heavy atom. The van der Waals surface area contributed by atoms with Gasteiger partial charge in [0.1, 0.15) is 11.9 Å². The number of anilines is 1. The molecule has 1 amide bonds.